The van der Waals surface area contributed by atoms with E-state index in [4.69, 9.17) is 4.12 Å². The maximum atomic E-state index is 6.79. The van der Waals surface area contributed by atoms with Crippen LogP contribution in [-0.4, -0.2) is 16.6 Å². The lowest BCUT2D eigenvalue weighted by Crippen LogP contribution is -2.52. The van der Waals surface area contributed by atoms with Crippen molar-refractivity contribution < 1.29 is 4.12 Å². The molecule has 2 rings (SSSR count). The molecule has 0 saturated carbocycles. The van der Waals surface area contributed by atoms with Gasteiger partial charge in [0.1, 0.15) is 0 Å². The van der Waals surface area contributed by atoms with Gasteiger partial charge >= 0.3 is 0 Å². The Morgan fingerprint density at radius 3 is 1.14 bits per heavy atom. The molecule has 2 aliphatic carbocycles. The van der Waals surface area contributed by atoms with Crippen molar-refractivity contribution >= 4 is 16.6 Å². The molecule has 0 spiro atoms. The lowest BCUT2D eigenvalue weighted by Gasteiger charge is -2.40. The number of allylic oxidation sites excluding steroid dienone is 8. The van der Waals surface area contributed by atoms with Crippen molar-refractivity contribution in [3.8, 4) is 0 Å². The molecule has 0 atom stereocenters. The fraction of sp³-hybridized carbons (Fsp3) is 0.111. The Bertz CT molecular complexity index is 476. The quantitative estimate of drug-likeness (QED) is 0.586. The van der Waals surface area contributed by atoms with Crippen LogP contribution in [0.1, 0.15) is 0 Å². The molecule has 3 heteroatoms. The highest BCUT2D eigenvalue weighted by Crippen LogP contribution is 2.39. The topological polar surface area (TPSA) is 9.23 Å². The van der Waals surface area contributed by atoms with Gasteiger partial charge in [-0.3, -0.25) is 0 Å². The Morgan fingerprint density at radius 1 is 0.619 bits per heavy atom. The van der Waals surface area contributed by atoms with Gasteiger partial charge in [-0.2, -0.15) is 0 Å². The van der Waals surface area contributed by atoms with Gasteiger partial charge < -0.3 is 4.12 Å². The lowest BCUT2D eigenvalue weighted by atomic mass is 10.5. The van der Waals surface area contributed by atoms with Crippen LogP contribution in [0.4, 0.5) is 0 Å². The van der Waals surface area contributed by atoms with Crippen LogP contribution in [0.5, 0.6) is 0 Å². The SMILES string of the molecule is C=C[Si](C=C)(O[Si](C=C)(C=C)C1C=CC=C1)C1C=CC=C1. The standard InChI is InChI=1S/C18H22OSi2/c1-5-20(6-2,17-13-9-10-14-17)19-21(7-3,8-4)18-15-11-12-16-18/h5-18H,1-4H2. The first-order valence-corrected chi connectivity index (χ1v) is 11.4. The van der Waals surface area contributed by atoms with Crippen molar-refractivity contribution in [1.29, 1.82) is 0 Å². The molecule has 1 nitrogen and oxygen atoms in total. The first-order valence-electron chi connectivity index (χ1n) is 7.11. The van der Waals surface area contributed by atoms with E-state index in [0.717, 1.165) is 0 Å². The zero-order valence-corrected chi connectivity index (χ0v) is 14.3. The lowest BCUT2D eigenvalue weighted by molar-refractivity contribution is 0.557. The summed E-state index contributed by atoms with van der Waals surface area (Å²) in [7, 11) is -4.70. The molecule has 2 aliphatic rings. The van der Waals surface area contributed by atoms with Gasteiger partial charge in [-0.25, -0.2) is 0 Å². The average Bonchev–Trinajstić information content (AvgIpc) is 3.23. The summed E-state index contributed by atoms with van der Waals surface area (Å²) < 4.78 is 6.79. The molecular weight excluding hydrogens is 288 g/mol. The minimum atomic E-state index is -2.35. The highest BCUT2D eigenvalue weighted by atomic mass is 28.4. The van der Waals surface area contributed by atoms with Gasteiger partial charge in [-0.05, 0) is 0 Å². The summed E-state index contributed by atoms with van der Waals surface area (Å²) in [5.74, 6) is 0. The third-order valence-electron chi connectivity index (χ3n) is 4.17. The molecule has 0 amide bonds. The van der Waals surface area contributed by atoms with Crippen molar-refractivity contribution in [2.45, 2.75) is 11.1 Å². The van der Waals surface area contributed by atoms with Gasteiger partial charge in [0.05, 0.1) is 0 Å². The van der Waals surface area contributed by atoms with Crippen molar-refractivity contribution in [3.63, 3.8) is 0 Å². The van der Waals surface area contributed by atoms with Gasteiger partial charge in [0.2, 0.25) is 16.6 Å². The Kier molecular flexibility index (Phi) is 4.78. The smallest absolute Gasteiger partial charge is 0.240 e. The first kappa shape index (κ1) is 15.7. The van der Waals surface area contributed by atoms with Crippen molar-refractivity contribution in [3.05, 3.63) is 97.7 Å². The summed E-state index contributed by atoms with van der Waals surface area (Å²) in [4.78, 5) is 0. The second-order valence-electron chi connectivity index (χ2n) is 5.22. The van der Waals surface area contributed by atoms with Gasteiger partial charge in [0.25, 0.3) is 0 Å². The minimum Gasteiger partial charge on any atom is -0.442 e. The molecule has 21 heavy (non-hydrogen) atoms. The second kappa shape index (κ2) is 6.39. The summed E-state index contributed by atoms with van der Waals surface area (Å²) in [6.45, 7) is 16.2. The number of hydrogen-bond acceptors (Lipinski definition) is 1. The molecule has 0 aromatic carbocycles. The van der Waals surface area contributed by atoms with Crippen molar-refractivity contribution in [1.82, 2.24) is 0 Å². The van der Waals surface area contributed by atoms with Crippen LogP contribution in [-0.2, 0) is 4.12 Å². The molecule has 0 aromatic heterocycles. The van der Waals surface area contributed by atoms with Crippen LogP contribution in [0.3, 0.4) is 0 Å². The molecular formula is C18H22OSi2. The summed E-state index contributed by atoms with van der Waals surface area (Å²) in [5, 5.41) is 0. The predicted octanol–water partition coefficient (Wildman–Crippen LogP) is 4.79. The maximum absolute atomic E-state index is 6.79. The van der Waals surface area contributed by atoms with Crippen LogP contribution in [0, 0.1) is 0 Å². The van der Waals surface area contributed by atoms with E-state index in [1.165, 1.54) is 0 Å². The fourth-order valence-corrected chi connectivity index (χ4v) is 10.7. The van der Waals surface area contributed by atoms with Crippen LogP contribution in [0.15, 0.2) is 97.7 Å². The summed E-state index contributed by atoms with van der Waals surface area (Å²) in [5.41, 5.74) is 8.38. The zero-order chi connectivity index (χ0) is 15.3. The molecule has 0 fully saturated rings. The molecule has 0 aromatic rings. The van der Waals surface area contributed by atoms with Crippen LogP contribution in [0.2, 0.25) is 11.1 Å². The van der Waals surface area contributed by atoms with E-state index in [1.54, 1.807) is 0 Å². The van der Waals surface area contributed by atoms with E-state index < -0.39 is 16.6 Å². The Morgan fingerprint density at radius 2 is 0.905 bits per heavy atom. The molecule has 0 saturated heterocycles. The summed E-state index contributed by atoms with van der Waals surface area (Å²) >= 11 is 0. The van der Waals surface area contributed by atoms with Crippen LogP contribution < -0.4 is 0 Å². The predicted molar refractivity (Wildman–Crippen MR) is 97.4 cm³/mol. The fourth-order valence-electron chi connectivity index (χ4n) is 2.79. The van der Waals surface area contributed by atoms with E-state index in [2.05, 4.69) is 74.9 Å². The molecule has 0 unspecified atom stereocenters. The first-order chi connectivity index (χ1) is 10.2. The maximum Gasteiger partial charge on any atom is 0.240 e. The molecule has 108 valence electrons. The second-order valence-corrected chi connectivity index (χ2v) is 12.4. The summed E-state index contributed by atoms with van der Waals surface area (Å²) in [6, 6.07) is 0. The molecule has 0 bridgehead atoms. The third kappa shape index (κ3) is 2.72. The van der Waals surface area contributed by atoms with Gasteiger partial charge in [0, 0.05) is 11.1 Å². The Labute approximate surface area is 130 Å². The van der Waals surface area contributed by atoms with E-state index in [1.807, 2.05) is 22.8 Å². The Balaban J connectivity index is 2.41. The highest BCUT2D eigenvalue weighted by molar-refractivity contribution is 6.98. The molecule has 0 aliphatic heterocycles. The van der Waals surface area contributed by atoms with Crippen LogP contribution >= 0.6 is 0 Å². The highest BCUT2D eigenvalue weighted by Gasteiger charge is 2.46. The monoisotopic (exact) mass is 310 g/mol. The molecule has 0 N–H and O–H groups in total. The van der Waals surface area contributed by atoms with E-state index >= 15 is 0 Å². The third-order valence-corrected chi connectivity index (χ3v) is 12.4. The van der Waals surface area contributed by atoms with Crippen molar-refractivity contribution in [2.24, 2.45) is 0 Å². The average molecular weight is 311 g/mol. The number of hydrogen-bond donors (Lipinski definition) is 0. The van der Waals surface area contributed by atoms with Gasteiger partial charge in [0.15, 0.2) is 0 Å². The zero-order valence-electron chi connectivity index (χ0n) is 12.3. The van der Waals surface area contributed by atoms with E-state index in [-0.39, 0.29) is 11.1 Å². The van der Waals surface area contributed by atoms with Crippen molar-refractivity contribution in [2.75, 3.05) is 0 Å². The molecule has 0 radical (unpaired) electrons. The van der Waals surface area contributed by atoms with Gasteiger partial charge in [-0.1, -0.05) is 71.4 Å². The largest absolute Gasteiger partial charge is 0.442 e. The van der Waals surface area contributed by atoms with E-state index in [9.17, 15) is 0 Å². The summed E-state index contributed by atoms with van der Waals surface area (Å²) in [6.07, 6.45) is 16.9. The Hall–Kier alpha value is -1.69. The normalized spacial score (nSPS) is 18.3. The van der Waals surface area contributed by atoms with Crippen LogP contribution in [0.25, 0.3) is 0 Å². The van der Waals surface area contributed by atoms with E-state index in [0.29, 0.717) is 0 Å². The molecule has 0 heterocycles. The minimum absolute atomic E-state index is 0.244. The van der Waals surface area contributed by atoms with Gasteiger partial charge in [-0.15, -0.1) is 26.3 Å². The number of rotatable bonds is 8.